The van der Waals surface area contributed by atoms with Crippen molar-refractivity contribution in [2.24, 2.45) is 0 Å². The molecule has 82 valence electrons. The normalized spacial score (nSPS) is 10.1. The van der Waals surface area contributed by atoms with Crippen molar-refractivity contribution < 1.29 is 9.90 Å². The molecule has 0 aliphatic carbocycles. The molecule has 0 saturated carbocycles. The third kappa shape index (κ3) is 2.35. The highest BCUT2D eigenvalue weighted by atomic mass is 35.5. The van der Waals surface area contributed by atoms with E-state index in [1.165, 1.54) is 23.5 Å². The molecule has 3 nitrogen and oxygen atoms in total. The maximum Gasteiger partial charge on any atom is 0.267 e. The fourth-order valence-corrected chi connectivity index (χ4v) is 2.22. The summed E-state index contributed by atoms with van der Waals surface area (Å²) in [6, 6.07) is 7.93. The Kier molecular flexibility index (Phi) is 3.12. The second kappa shape index (κ2) is 4.55. The molecule has 0 saturated heterocycles. The molecule has 0 fully saturated rings. The van der Waals surface area contributed by atoms with Crippen LogP contribution < -0.4 is 5.32 Å². The predicted octanol–water partition coefficient (Wildman–Crippen LogP) is 3.36. The summed E-state index contributed by atoms with van der Waals surface area (Å²) in [5.41, 5.74) is 0.618. The number of aromatic hydroxyl groups is 1. The number of phenolic OH excluding ortho intramolecular Hbond substituents is 1. The van der Waals surface area contributed by atoms with Gasteiger partial charge in [-0.15, -0.1) is 11.3 Å². The van der Waals surface area contributed by atoms with Crippen molar-refractivity contribution >= 4 is 34.5 Å². The van der Waals surface area contributed by atoms with Gasteiger partial charge in [0, 0.05) is 5.69 Å². The summed E-state index contributed by atoms with van der Waals surface area (Å²) in [5, 5.41) is 14.0. The predicted molar refractivity (Wildman–Crippen MR) is 65.4 cm³/mol. The van der Waals surface area contributed by atoms with Crippen LogP contribution in [0.3, 0.4) is 0 Å². The Morgan fingerprint density at radius 2 is 1.94 bits per heavy atom. The minimum atomic E-state index is -0.245. The summed E-state index contributed by atoms with van der Waals surface area (Å²) in [6.45, 7) is 0. The molecule has 2 N–H and O–H groups in total. The number of carbonyl (C=O) groups is 1. The van der Waals surface area contributed by atoms with E-state index < -0.39 is 0 Å². The fraction of sp³-hybridized carbons (Fsp3) is 0. The average Bonchev–Trinajstić information content (AvgIpc) is 2.68. The van der Waals surface area contributed by atoms with Gasteiger partial charge in [0.1, 0.15) is 10.6 Å². The van der Waals surface area contributed by atoms with E-state index in [0.29, 0.717) is 15.6 Å². The first-order chi connectivity index (χ1) is 7.66. The summed E-state index contributed by atoms with van der Waals surface area (Å²) in [4.78, 5) is 12.2. The first-order valence-electron chi connectivity index (χ1n) is 4.50. The zero-order valence-corrected chi connectivity index (χ0v) is 9.68. The Labute approximate surface area is 101 Å². The highest BCUT2D eigenvalue weighted by Gasteiger charge is 2.11. The molecule has 1 aromatic heterocycles. The van der Waals surface area contributed by atoms with Crippen LogP contribution in [-0.2, 0) is 0 Å². The lowest BCUT2D eigenvalue weighted by Gasteiger charge is -2.03. The number of hydrogen-bond donors (Lipinski definition) is 2. The van der Waals surface area contributed by atoms with E-state index in [4.69, 9.17) is 16.7 Å². The van der Waals surface area contributed by atoms with E-state index in [1.807, 2.05) is 0 Å². The number of rotatable bonds is 2. The van der Waals surface area contributed by atoms with Gasteiger partial charge in [-0.3, -0.25) is 4.79 Å². The number of hydrogen-bond acceptors (Lipinski definition) is 3. The van der Waals surface area contributed by atoms with Crippen LogP contribution in [0.1, 0.15) is 9.67 Å². The van der Waals surface area contributed by atoms with Gasteiger partial charge in [0.2, 0.25) is 0 Å². The number of anilines is 1. The Hall–Kier alpha value is -1.52. The summed E-state index contributed by atoms with van der Waals surface area (Å²) in [6.07, 6.45) is 0. The SMILES string of the molecule is O=C(Nc1ccc(O)cc1)c1sccc1Cl. The van der Waals surface area contributed by atoms with Crippen molar-refractivity contribution in [3.63, 3.8) is 0 Å². The van der Waals surface area contributed by atoms with Gasteiger partial charge < -0.3 is 10.4 Å². The lowest BCUT2D eigenvalue weighted by atomic mass is 10.3. The van der Waals surface area contributed by atoms with Gasteiger partial charge in [-0.2, -0.15) is 0 Å². The van der Waals surface area contributed by atoms with Crippen LogP contribution in [-0.4, -0.2) is 11.0 Å². The van der Waals surface area contributed by atoms with E-state index >= 15 is 0 Å². The first-order valence-corrected chi connectivity index (χ1v) is 5.76. The molecule has 0 radical (unpaired) electrons. The molecule has 0 unspecified atom stereocenters. The van der Waals surface area contributed by atoms with E-state index in [2.05, 4.69) is 5.32 Å². The molecule has 1 aromatic carbocycles. The summed E-state index contributed by atoms with van der Waals surface area (Å²) >= 11 is 7.12. The molecular weight excluding hydrogens is 246 g/mol. The molecule has 0 aliphatic heterocycles. The van der Waals surface area contributed by atoms with Crippen molar-refractivity contribution in [3.8, 4) is 5.75 Å². The van der Waals surface area contributed by atoms with Crippen molar-refractivity contribution in [2.45, 2.75) is 0 Å². The smallest absolute Gasteiger partial charge is 0.267 e. The maximum absolute atomic E-state index is 11.7. The lowest BCUT2D eigenvalue weighted by molar-refractivity contribution is 0.103. The van der Waals surface area contributed by atoms with Gasteiger partial charge in [-0.05, 0) is 35.7 Å². The highest BCUT2D eigenvalue weighted by Crippen LogP contribution is 2.23. The second-order valence-electron chi connectivity index (χ2n) is 3.10. The van der Waals surface area contributed by atoms with Crippen molar-refractivity contribution in [3.05, 3.63) is 45.6 Å². The maximum atomic E-state index is 11.7. The monoisotopic (exact) mass is 253 g/mol. The summed E-state index contributed by atoms with van der Waals surface area (Å²) in [7, 11) is 0. The van der Waals surface area contributed by atoms with Gasteiger partial charge in [-0.1, -0.05) is 11.6 Å². The van der Waals surface area contributed by atoms with Gasteiger partial charge in [0.15, 0.2) is 0 Å². The largest absolute Gasteiger partial charge is 0.508 e. The summed E-state index contributed by atoms with van der Waals surface area (Å²) in [5.74, 6) is -0.0853. The molecule has 1 amide bonds. The average molecular weight is 254 g/mol. The van der Waals surface area contributed by atoms with E-state index in [-0.39, 0.29) is 11.7 Å². The van der Waals surface area contributed by atoms with Gasteiger partial charge in [0.05, 0.1) is 5.02 Å². The number of phenols is 1. The Bertz CT molecular complexity index is 507. The van der Waals surface area contributed by atoms with Crippen LogP contribution in [0.4, 0.5) is 5.69 Å². The Morgan fingerprint density at radius 1 is 1.25 bits per heavy atom. The number of thiophene rings is 1. The van der Waals surface area contributed by atoms with E-state index in [0.717, 1.165) is 0 Å². The third-order valence-electron chi connectivity index (χ3n) is 1.95. The Morgan fingerprint density at radius 3 is 2.50 bits per heavy atom. The molecule has 0 spiro atoms. The topological polar surface area (TPSA) is 49.3 Å². The molecular formula is C11H8ClNO2S. The third-order valence-corrected chi connectivity index (χ3v) is 3.29. The second-order valence-corrected chi connectivity index (χ2v) is 4.42. The molecule has 0 bridgehead atoms. The van der Waals surface area contributed by atoms with Crippen LogP contribution in [0.2, 0.25) is 5.02 Å². The van der Waals surface area contributed by atoms with Crippen molar-refractivity contribution in [1.82, 2.24) is 0 Å². The molecule has 2 aromatic rings. The standard InChI is InChI=1S/C11H8ClNO2S/c12-9-5-6-16-10(9)11(15)13-7-1-3-8(14)4-2-7/h1-6,14H,(H,13,15). The van der Waals surface area contributed by atoms with E-state index in [9.17, 15) is 4.79 Å². The van der Waals surface area contributed by atoms with Gasteiger partial charge in [0.25, 0.3) is 5.91 Å². The van der Waals surface area contributed by atoms with Crippen molar-refractivity contribution in [1.29, 1.82) is 0 Å². The zero-order chi connectivity index (χ0) is 11.5. The molecule has 0 aliphatic rings. The van der Waals surface area contributed by atoms with Crippen LogP contribution in [0, 0.1) is 0 Å². The molecule has 0 atom stereocenters. The van der Waals surface area contributed by atoms with Crippen molar-refractivity contribution in [2.75, 3.05) is 5.32 Å². The van der Waals surface area contributed by atoms with Crippen LogP contribution in [0.5, 0.6) is 5.75 Å². The van der Waals surface area contributed by atoms with Crippen LogP contribution >= 0.6 is 22.9 Å². The number of carbonyl (C=O) groups excluding carboxylic acids is 1. The van der Waals surface area contributed by atoms with Gasteiger partial charge >= 0.3 is 0 Å². The summed E-state index contributed by atoms with van der Waals surface area (Å²) < 4.78 is 0. The molecule has 1 heterocycles. The lowest BCUT2D eigenvalue weighted by Crippen LogP contribution is -2.10. The molecule has 5 heteroatoms. The highest BCUT2D eigenvalue weighted by molar-refractivity contribution is 7.12. The van der Waals surface area contributed by atoms with Crippen LogP contribution in [0.25, 0.3) is 0 Å². The zero-order valence-electron chi connectivity index (χ0n) is 8.11. The van der Waals surface area contributed by atoms with Gasteiger partial charge in [-0.25, -0.2) is 0 Å². The number of nitrogens with one attached hydrogen (secondary N) is 1. The Balaban J connectivity index is 2.14. The first kappa shape index (κ1) is 11.0. The van der Waals surface area contributed by atoms with E-state index in [1.54, 1.807) is 23.6 Å². The quantitative estimate of drug-likeness (QED) is 0.807. The number of halogens is 1. The minimum Gasteiger partial charge on any atom is -0.508 e. The fourth-order valence-electron chi connectivity index (χ4n) is 1.19. The van der Waals surface area contributed by atoms with Crippen LogP contribution in [0.15, 0.2) is 35.7 Å². The molecule has 2 rings (SSSR count). The number of amides is 1. The number of benzene rings is 1. The molecule has 16 heavy (non-hydrogen) atoms. The minimum absolute atomic E-state index is 0.159.